The van der Waals surface area contributed by atoms with Crippen molar-refractivity contribution in [2.24, 2.45) is 0 Å². The molecule has 0 radical (unpaired) electrons. The summed E-state index contributed by atoms with van der Waals surface area (Å²) < 4.78 is 42.1. The fraction of sp³-hybridized carbons (Fsp3) is 0.300. The average molecular weight is 403 g/mol. The fourth-order valence-corrected chi connectivity index (χ4v) is 4.77. The van der Waals surface area contributed by atoms with Crippen molar-refractivity contribution in [2.45, 2.75) is 21.9 Å². The molecule has 7 nitrogen and oxygen atoms in total. The molecule has 0 spiro atoms. The van der Waals surface area contributed by atoms with E-state index in [9.17, 15) is 18.5 Å². The quantitative estimate of drug-likeness (QED) is 0.492. The summed E-state index contributed by atoms with van der Waals surface area (Å²) >= 11 is 0. The van der Waals surface area contributed by atoms with Gasteiger partial charge in [-0.1, -0.05) is 48.5 Å². The number of ether oxygens (including phenoxy) is 3. The highest BCUT2D eigenvalue weighted by atomic mass is 32.2. The number of nitriles is 1. The zero-order valence-electron chi connectivity index (χ0n) is 15.7. The average Bonchev–Trinajstić information content (AvgIpc) is 2.75. The van der Waals surface area contributed by atoms with Crippen molar-refractivity contribution in [3.63, 3.8) is 0 Å². The van der Waals surface area contributed by atoms with Gasteiger partial charge in [-0.05, 0) is 17.7 Å². The predicted octanol–water partition coefficient (Wildman–Crippen LogP) is 2.30. The van der Waals surface area contributed by atoms with Gasteiger partial charge in [-0.2, -0.15) is 5.26 Å². The minimum Gasteiger partial charge on any atom is -0.465 e. The third-order valence-electron chi connectivity index (χ3n) is 4.48. The number of hydrogen-bond acceptors (Lipinski definition) is 7. The molecule has 0 N–H and O–H groups in total. The lowest BCUT2D eigenvalue weighted by Gasteiger charge is -2.37. The van der Waals surface area contributed by atoms with Crippen molar-refractivity contribution in [3.05, 3.63) is 66.2 Å². The second-order valence-corrected chi connectivity index (χ2v) is 7.93. The molecule has 0 aromatic heterocycles. The lowest BCUT2D eigenvalue weighted by molar-refractivity contribution is -0.236. The van der Waals surface area contributed by atoms with Gasteiger partial charge >= 0.3 is 5.97 Å². The van der Waals surface area contributed by atoms with Gasteiger partial charge in [-0.3, -0.25) is 0 Å². The Bertz CT molecular complexity index is 934. The van der Waals surface area contributed by atoms with Crippen LogP contribution < -0.4 is 0 Å². The predicted molar refractivity (Wildman–Crippen MR) is 101 cm³/mol. The van der Waals surface area contributed by atoms with E-state index in [0.29, 0.717) is 5.56 Å². The molecule has 8 heteroatoms. The number of esters is 1. The lowest BCUT2D eigenvalue weighted by atomic mass is 9.87. The van der Waals surface area contributed by atoms with Gasteiger partial charge in [0.1, 0.15) is 0 Å². The molecular formula is C20H21NO6S. The summed E-state index contributed by atoms with van der Waals surface area (Å²) in [5, 5.41) is 8.19. The van der Waals surface area contributed by atoms with Crippen molar-refractivity contribution in [1.29, 1.82) is 5.26 Å². The molecule has 0 heterocycles. The highest BCUT2D eigenvalue weighted by molar-refractivity contribution is 7.92. The van der Waals surface area contributed by atoms with E-state index in [2.05, 4.69) is 0 Å². The number of carbonyl (C=O) groups excluding carboxylic acids is 1. The van der Waals surface area contributed by atoms with Crippen molar-refractivity contribution in [1.82, 2.24) is 0 Å². The van der Waals surface area contributed by atoms with Crippen molar-refractivity contribution < 1.29 is 27.4 Å². The normalized spacial score (nSPS) is 13.9. The SMILES string of the molecule is COC(=O)C(OC)(OC)[C@@H](c1ccccc1)[C@@H](C#N)S(=O)(=O)c1ccccc1. The minimum absolute atomic E-state index is 0.0477. The van der Waals surface area contributed by atoms with Gasteiger partial charge in [0.15, 0.2) is 15.1 Å². The topological polar surface area (TPSA) is 103 Å². The number of carbonyl (C=O) groups is 1. The van der Waals surface area contributed by atoms with E-state index in [0.717, 1.165) is 7.11 Å². The van der Waals surface area contributed by atoms with E-state index in [-0.39, 0.29) is 4.90 Å². The summed E-state index contributed by atoms with van der Waals surface area (Å²) in [4.78, 5) is 12.6. The van der Waals surface area contributed by atoms with Crippen LogP contribution in [0.4, 0.5) is 0 Å². The molecule has 28 heavy (non-hydrogen) atoms. The lowest BCUT2D eigenvalue weighted by Crippen LogP contribution is -2.53. The molecule has 2 atom stereocenters. The maximum absolute atomic E-state index is 13.3. The van der Waals surface area contributed by atoms with E-state index < -0.39 is 32.8 Å². The van der Waals surface area contributed by atoms with Gasteiger partial charge in [0.2, 0.25) is 0 Å². The first-order valence-electron chi connectivity index (χ1n) is 8.31. The largest absolute Gasteiger partial charge is 0.465 e. The van der Waals surface area contributed by atoms with Crippen LogP contribution in [0.1, 0.15) is 11.5 Å². The molecular weight excluding hydrogens is 382 g/mol. The zero-order chi connectivity index (χ0) is 20.8. The Morgan fingerprint density at radius 2 is 1.46 bits per heavy atom. The smallest absolute Gasteiger partial charge is 0.367 e. The van der Waals surface area contributed by atoms with Crippen molar-refractivity contribution >= 4 is 15.8 Å². The van der Waals surface area contributed by atoms with Gasteiger partial charge in [0.05, 0.1) is 24.0 Å². The molecule has 0 saturated carbocycles. The van der Waals surface area contributed by atoms with Crippen LogP contribution in [0, 0.1) is 11.3 Å². The van der Waals surface area contributed by atoms with E-state index in [1.165, 1.54) is 26.4 Å². The third-order valence-corrected chi connectivity index (χ3v) is 6.46. The van der Waals surface area contributed by atoms with Crippen molar-refractivity contribution in [3.8, 4) is 6.07 Å². The Labute approximate surface area is 164 Å². The Hall–Kier alpha value is -2.73. The minimum atomic E-state index is -4.17. The van der Waals surface area contributed by atoms with Crippen LogP contribution >= 0.6 is 0 Å². The summed E-state index contributed by atoms with van der Waals surface area (Å²) in [5.41, 5.74) is 0.377. The maximum atomic E-state index is 13.3. The molecule has 148 valence electrons. The number of benzene rings is 2. The van der Waals surface area contributed by atoms with Crippen LogP contribution in [0.2, 0.25) is 0 Å². The molecule has 2 rings (SSSR count). The van der Waals surface area contributed by atoms with Crippen LogP contribution in [0.15, 0.2) is 65.6 Å². The molecule has 0 aliphatic heterocycles. The standard InChI is InChI=1S/C20H21NO6S/c1-25-19(22)20(26-2,27-3)18(15-10-6-4-7-11-15)17(14-21)28(23,24)16-12-8-5-9-13-16/h4-13,17-18H,1-3H3/t17-,18+/m1/s1. The molecule has 0 saturated heterocycles. The van der Waals surface area contributed by atoms with Gasteiger partial charge in [0.25, 0.3) is 5.79 Å². The second kappa shape index (κ2) is 8.97. The zero-order valence-corrected chi connectivity index (χ0v) is 16.5. The van der Waals surface area contributed by atoms with Crippen LogP contribution in [0.25, 0.3) is 0 Å². The number of nitrogens with zero attached hydrogens (tertiary/aromatic N) is 1. The Morgan fingerprint density at radius 1 is 0.964 bits per heavy atom. The van der Waals surface area contributed by atoms with Gasteiger partial charge < -0.3 is 14.2 Å². The summed E-state index contributed by atoms with van der Waals surface area (Å²) in [6, 6.07) is 17.7. The molecule has 0 aliphatic rings. The van der Waals surface area contributed by atoms with Gasteiger partial charge in [-0.25, -0.2) is 13.2 Å². The second-order valence-electron chi connectivity index (χ2n) is 5.86. The summed E-state index contributed by atoms with van der Waals surface area (Å²) in [7, 11) is -0.654. The molecule has 0 unspecified atom stereocenters. The first-order valence-corrected chi connectivity index (χ1v) is 9.86. The third kappa shape index (κ3) is 3.78. The molecule has 2 aromatic rings. The summed E-state index contributed by atoms with van der Waals surface area (Å²) in [6.07, 6.45) is 0. The maximum Gasteiger partial charge on any atom is 0.367 e. The number of methoxy groups -OCH3 is 3. The van der Waals surface area contributed by atoms with E-state index in [1.54, 1.807) is 48.5 Å². The van der Waals surface area contributed by atoms with Crippen molar-refractivity contribution in [2.75, 3.05) is 21.3 Å². The highest BCUT2D eigenvalue weighted by Crippen LogP contribution is 2.40. The highest BCUT2D eigenvalue weighted by Gasteiger charge is 2.56. The monoisotopic (exact) mass is 403 g/mol. The van der Waals surface area contributed by atoms with Crippen LogP contribution in [-0.2, 0) is 28.8 Å². The molecule has 0 aliphatic carbocycles. The number of sulfone groups is 1. The summed E-state index contributed by atoms with van der Waals surface area (Å²) in [6.45, 7) is 0. The first kappa shape index (κ1) is 21.6. The van der Waals surface area contributed by atoms with Crippen LogP contribution in [0.3, 0.4) is 0 Å². The first-order chi connectivity index (χ1) is 13.4. The van der Waals surface area contributed by atoms with Crippen LogP contribution in [0.5, 0.6) is 0 Å². The Kier molecular flexibility index (Phi) is 6.91. The van der Waals surface area contributed by atoms with E-state index in [4.69, 9.17) is 14.2 Å². The molecule has 0 fully saturated rings. The molecule has 0 bridgehead atoms. The molecule has 2 aromatic carbocycles. The molecule has 0 amide bonds. The van der Waals surface area contributed by atoms with Crippen LogP contribution in [-0.4, -0.2) is 46.8 Å². The van der Waals surface area contributed by atoms with E-state index >= 15 is 0 Å². The number of hydrogen-bond donors (Lipinski definition) is 0. The van der Waals surface area contributed by atoms with Gasteiger partial charge in [-0.15, -0.1) is 0 Å². The van der Waals surface area contributed by atoms with Gasteiger partial charge in [0, 0.05) is 14.2 Å². The summed E-state index contributed by atoms with van der Waals surface area (Å²) in [5.74, 6) is -4.40. The fourth-order valence-electron chi connectivity index (χ4n) is 3.11. The Morgan fingerprint density at radius 3 is 1.89 bits per heavy atom. The van der Waals surface area contributed by atoms with E-state index in [1.807, 2.05) is 6.07 Å². The number of rotatable bonds is 8. The Balaban J connectivity index is 2.78.